The van der Waals surface area contributed by atoms with Crippen molar-refractivity contribution in [3.8, 4) is 11.5 Å². The molecule has 0 spiro atoms. The Hall–Kier alpha value is -2.49. The van der Waals surface area contributed by atoms with Crippen LogP contribution in [0.2, 0.25) is 0 Å². The van der Waals surface area contributed by atoms with E-state index in [1.54, 1.807) is 62.6 Å². The molecule has 20 heavy (non-hydrogen) atoms. The van der Waals surface area contributed by atoms with Gasteiger partial charge in [-0.1, -0.05) is 6.07 Å². The number of hydrogen-bond acceptors (Lipinski definition) is 4. The monoisotopic (exact) mass is 271 g/mol. The first-order valence-electron chi connectivity index (χ1n) is 6.30. The molecule has 2 rings (SSSR count). The van der Waals surface area contributed by atoms with Gasteiger partial charge in [-0.3, -0.25) is 4.79 Å². The van der Waals surface area contributed by atoms with Crippen molar-refractivity contribution in [2.75, 3.05) is 12.8 Å². The van der Waals surface area contributed by atoms with E-state index in [4.69, 9.17) is 15.2 Å². The summed E-state index contributed by atoms with van der Waals surface area (Å²) in [4.78, 5) is 12.2. The van der Waals surface area contributed by atoms with Crippen LogP contribution in [0.4, 0.5) is 5.69 Å². The van der Waals surface area contributed by atoms with Gasteiger partial charge in [0.2, 0.25) is 5.78 Å². The molecular formula is C16H17NO3. The number of carbonyl (C=O) groups excluding carboxylic acids is 1. The maximum atomic E-state index is 12.2. The molecule has 0 bridgehead atoms. The van der Waals surface area contributed by atoms with E-state index >= 15 is 0 Å². The van der Waals surface area contributed by atoms with Crippen LogP contribution < -0.4 is 15.2 Å². The van der Waals surface area contributed by atoms with Crippen LogP contribution in [0.5, 0.6) is 11.5 Å². The van der Waals surface area contributed by atoms with Gasteiger partial charge in [-0.25, -0.2) is 0 Å². The molecule has 2 aromatic carbocycles. The summed E-state index contributed by atoms with van der Waals surface area (Å²) in [5, 5.41) is 0. The SMILES string of the molecule is COc1ccc(C(=O)C(C)Oc2cccc(N)c2)cc1. The number of methoxy groups -OCH3 is 1. The Morgan fingerprint density at radius 3 is 2.40 bits per heavy atom. The number of nitrogen functional groups attached to an aromatic ring is 1. The minimum atomic E-state index is -0.579. The van der Waals surface area contributed by atoms with Crippen LogP contribution in [0.3, 0.4) is 0 Å². The number of benzene rings is 2. The lowest BCUT2D eigenvalue weighted by Crippen LogP contribution is -2.23. The summed E-state index contributed by atoms with van der Waals surface area (Å²) in [6.07, 6.45) is -0.579. The fourth-order valence-electron chi connectivity index (χ4n) is 1.84. The fraction of sp³-hybridized carbons (Fsp3) is 0.188. The van der Waals surface area contributed by atoms with E-state index in [0.29, 0.717) is 22.7 Å². The summed E-state index contributed by atoms with van der Waals surface area (Å²) >= 11 is 0. The van der Waals surface area contributed by atoms with Crippen LogP contribution in [-0.4, -0.2) is 19.0 Å². The van der Waals surface area contributed by atoms with E-state index in [9.17, 15) is 4.79 Å². The molecule has 0 amide bonds. The number of rotatable bonds is 5. The van der Waals surface area contributed by atoms with Crippen LogP contribution in [0, 0.1) is 0 Å². The van der Waals surface area contributed by atoms with Crippen molar-refractivity contribution >= 4 is 11.5 Å². The Bertz CT molecular complexity index is 593. The van der Waals surface area contributed by atoms with E-state index in [1.807, 2.05) is 0 Å². The Balaban J connectivity index is 2.07. The lowest BCUT2D eigenvalue weighted by molar-refractivity contribution is 0.0818. The summed E-state index contributed by atoms with van der Waals surface area (Å²) < 4.78 is 10.7. The van der Waals surface area contributed by atoms with E-state index in [0.717, 1.165) is 0 Å². The molecule has 0 radical (unpaired) electrons. The van der Waals surface area contributed by atoms with Gasteiger partial charge in [0.15, 0.2) is 6.10 Å². The molecule has 0 aliphatic rings. The predicted octanol–water partition coefficient (Wildman–Crippen LogP) is 2.93. The third kappa shape index (κ3) is 3.29. The second kappa shape index (κ2) is 6.10. The number of nitrogens with two attached hydrogens (primary N) is 1. The summed E-state index contributed by atoms with van der Waals surface area (Å²) in [6.45, 7) is 1.72. The van der Waals surface area contributed by atoms with E-state index < -0.39 is 6.10 Å². The van der Waals surface area contributed by atoms with E-state index in [-0.39, 0.29) is 5.78 Å². The Morgan fingerprint density at radius 2 is 1.80 bits per heavy atom. The third-order valence-electron chi connectivity index (χ3n) is 2.91. The molecule has 0 heterocycles. The number of Topliss-reactive ketones (excluding diaryl/α,β-unsaturated/α-hetero) is 1. The average molecular weight is 271 g/mol. The topological polar surface area (TPSA) is 61.5 Å². The van der Waals surface area contributed by atoms with Gasteiger partial charge in [-0.15, -0.1) is 0 Å². The zero-order chi connectivity index (χ0) is 14.5. The highest BCUT2D eigenvalue weighted by Gasteiger charge is 2.17. The molecule has 2 N–H and O–H groups in total. The molecule has 0 saturated carbocycles. The standard InChI is InChI=1S/C16H17NO3/c1-11(20-15-5-3-4-13(17)10-15)16(18)12-6-8-14(19-2)9-7-12/h3-11H,17H2,1-2H3. The lowest BCUT2D eigenvalue weighted by Gasteiger charge is -2.14. The average Bonchev–Trinajstić information content (AvgIpc) is 2.46. The van der Waals surface area contributed by atoms with Crippen molar-refractivity contribution in [1.82, 2.24) is 0 Å². The molecule has 0 aliphatic heterocycles. The zero-order valence-corrected chi connectivity index (χ0v) is 11.5. The summed E-state index contributed by atoms with van der Waals surface area (Å²) in [7, 11) is 1.59. The molecule has 0 saturated heterocycles. The summed E-state index contributed by atoms with van der Waals surface area (Å²) in [5.41, 5.74) is 6.86. The highest BCUT2D eigenvalue weighted by molar-refractivity contribution is 5.99. The minimum absolute atomic E-state index is 0.0879. The number of ketones is 1. The van der Waals surface area contributed by atoms with Gasteiger partial charge in [-0.05, 0) is 43.3 Å². The Morgan fingerprint density at radius 1 is 1.10 bits per heavy atom. The van der Waals surface area contributed by atoms with Crippen molar-refractivity contribution < 1.29 is 14.3 Å². The molecule has 1 unspecified atom stereocenters. The normalized spacial score (nSPS) is 11.7. The first kappa shape index (κ1) is 13.9. The smallest absolute Gasteiger partial charge is 0.202 e. The molecule has 104 valence electrons. The van der Waals surface area contributed by atoms with Gasteiger partial charge in [0.1, 0.15) is 11.5 Å². The molecule has 4 nitrogen and oxygen atoms in total. The van der Waals surface area contributed by atoms with Crippen LogP contribution >= 0.6 is 0 Å². The number of carbonyl (C=O) groups is 1. The van der Waals surface area contributed by atoms with E-state index in [2.05, 4.69) is 0 Å². The van der Waals surface area contributed by atoms with E-state index in [1.165, 1.54) is 0 Å². The molecule has 0 aromatic heterocycles. The fourth-order valence-corrected chi connectivity index (χ4v) is 1.84. The second-order valence-corrected chi connectivity index (χ2v) is 4.43. The first-order chi connectivity index (χ1) is 9.60. The molecule has 1 atom stereocenters. The van der Waals surface area contributed by atoms with Gasteiger partial charge in [0.25, 0.3) is 0 Å². The van der Waals surface area contributed by atoms with Gasteiger partial charge < -0.3 is 15.2 Å². The molecular weight excluding hydrogens is 254 g/mol. The number of anilines is 1. The number of ether oxygens (including phenoxy) is 2. The van der Waals surface area contributed by atoms with Crippen molar-refractivity contribution in [3.63, 3.8) is 0 Å². The first-order valence-corrected chi connectivity index (χ1v) is 6.30. The largest absolute Gasteiger partial charge is 0.497 e. The van der Waals surface area contributed by atoms with Crippen LogP contribution in [0.25, 0.3) is 0 Å². The third-order valence-corrected chi connectivity index (χ3v) is 2.91. The second-order valence-electron chi connectivity index (χ2n) is 4.43. The van der Waals surface area contributed by atoms with Gasteiger partial charge >= 0.3 is 0 Å². The quantitative estimate of drug-likeness (QED) is 0.671. The molecule has 0 fully saturated rings. The zero-order valence-electron chi connectivity index (χ0n) is 11.5. The van der Waals surface area contributed by atoms with Gasteiger partial charge in [0.05, 0.1) is 7.11 Å². The Kier molecular flexibility index (Phi) is 4.25. The van der Waals surface area contributed by atoms with Crippen LogP contribution in [0.15, 0.2) is 48.5 Å². The molecule has 4 heteroatoms. The summed E-state index contributed by atoms with van der Waals surface area (Å²) in [6, 6.07) is 14.0. The molecule has 0 aliphatic carbocycles. The number of hydrogen-bond donors (Lipinski definition) is 1. The van der Waals surface area contributed by atoms with Crippen molar-refractivity contribution in [2.45, 2.75) is 13.0 Å². The summed E-state index contributed by atoms with van der Waals surface area (Å²) in [5.74, 6) is 1.21. The lowest BCUT2D eigenvalue weighted by atomic mass is 10.1. The maximum absolute atomic E-state index is 12.2. The van der Waals surface area contributed by atoms with Crippen LogP contribution in [0.1, 0.15) is 17.3 Å². The van der Waals surface area contributed by atoms with Crippen molar-refractivity contribution in [3.05, 3.63) is 54.1 Å². The van der Waals surface area contributed by atoms with Gasteiger partial charge in [0, 0.05) is 17.3 Å². The predicted molar refractivity (Wildman–Crippen MR) is 78.3 cm³/mol. The van der Waals surface area contributed by atoms with Crippen molar-refractivity contribution in [1.29, 1.82) is 0 Å². The highest BCUT2D eigenvalue weighted by atomic mass is 16.5. The highest BCUT2D eigenvalue weighted by Crippen LogP contribution is 2.18. The minimum Gasteiger partial charge on any atom is -0.497 e. The van der Waals surface area contributed by atoms with Crippen LogP contribution in [-0.2, 0) is 0 Å². The Labute approximate surface area is 118 Å². The molecule has 2 aromatic rings. The van der Waals surface area contributed by atoms with Crippen molar-refractivity contribution in [2.24, 2.45) is 0 Å². The maximum Gasteiger partial charge on any atom is 0.202 e. The van der Waals surface area contributed by atoms with Gasteiger partial charge in [-0.2, -0.15) is 0 Å².